The fraction of sp³-hybridized carbons (Fsp3) is 0.690. The number of hydrogen-bond acceptors (Lipinski definition) is 12. The molecule has 0 aromatic heterocycles. The zero-order valence-corrected chi connectivity index (χ0v) is 24.2. The van der Waals surface area contributed by atoms with Gasteiger partial charge in [0.15, 0.2) is 11.5 Å². The van der Waals surface area contributed by atoms with E-state index in [9.17, 15) is 44.4 Å². The van der Waals surface area contributed by atoms with E-state index in [0.29, 0.717) is 5.57 Å². The van der Waals surface area contributed by atoms with Crippen molar-refractivity contribution in [2.24, 2.45) is 28.6 Å². The van der Waals surface area contributed by atoms with Crippen LogP contribution in [0.15, 0.2) is 23.0 Å². The predicted octanol–water partition coefficient (Wildman–Crippen LogP) is 0.750. The lowest BCUT2D eigenvalue weighted by atomic mass is 9.38. The lowest BCUT2D eigenvalue weighted by Crippen LogP contribution is -2.79. The molecule has 5 aliphatic rings. The van der Waals surface area contributed by atoms with Crippen LogP contribution in [0.4, 0.5) is 0 Å². The van der Waals surface area contributed by atoms with Gasteiger partial charge in [0, 0.05) is 30.8 Å². The molecule has 5 rings (SSSR count). The zero-order chi connectivity index (χ0) is 31.3. The highest BCUT2D eigenvalue weighted by Gasteiger charge is 2.85. The standard InChI is InChI=1S/C29H36O13/c1-11(26(4,5)42-13(3)30)7-17(32)41-20-22-28-10-39-29(22,25(37)38)23(35)19(34)21(28)27(6)9-15(31)18(33)12(2)14(27)8-16(28)40-24(20)36/h7,14,16,19-23,33-35H,8-10H2,1-6H3,(H,37,38)/t14-,16+,19+,20+,21+,22+,23-,27-,28+,29-/m0/s1. The molecule has 0 aromatic carbocycles. The molecular weight excluding hydrogens is 556 g/mol. The second-order valence-corrected chi connectivity index (χ2v) is 13.0. The Morgan fingerprint density at radius 1 is 1.12 bits per heavy atom. The van der Waals surface area contributed by atoms with E-state index >= 15 is 0 Å². The second-order valence-electron chi connectivity index (χ2n) is 13.0. The summed E-state index contributed by atoms with van der Waals surface area (Å²) in [6.07, 6.45) is -5.83. The molecule has 4 fully saturated rings. The number of allylic oxidation sites excluding steroid dienone is 2. The van der Waals surface area contributed by atoms with Crippen LogP contribution in [0.1, 0.15) is 54.4 Å². The molecule has 13 nitrogen and oxygen atoms in total. The molecule has 1 spiro atoms. The first-order chi connectivity index (χ1) is 19.4. The van der Waals surface area contributed by atoms with Gasteiger partial charge < -0.3 is 39.4 Å². The summed E-state index contributed by atoms with van der Waals surface area (Å²) in [5, 5.41) is 44.0. The molecule has 0 radical (unpaired) electrons. The Morgan fingerprint density at radius 3 is 2.36 bits per heavy atom. The molecule has 2 heterocycles. The highest BCUT2D eigenvalue weighted by Crippen LogP contribution is 2.72. The van der Waals surface area contributed by atoms with Crippen LogP contribution in [-0.2, 0) is 42.9 Å². The van der Waals surface area contributed by atoms with Crippen molar-refractivity contribution in [2.45, 2.75) is 90.0 Å². The Kier molecular flexibility index (Phi) is 6.72. The van der Waals surface area contributed by atoms with Crippen LogP contribution in [0.25, 0.3) is 0 Å². The smallest absolute Gasteiger partial charge is 0.348 e. The van der Waals surface area contributed by atoms with Gasteiger partial charge in [0.05, 0.1) is 18.6 Å². The van der Waals surface area contributed by atoms with Crippen LogP contribution >= 0.6 is 0 Å². The number of ether oxygens (including phenoxy) is 4. The molecule has 2 saturated heterocycles. The van der Waals surface area contributed by atoms with Gasteiger partial charge in [-0.15, -0.1) is 0 Å². The quantitative estimate of drug-likeness (QED) is 0.198. The van der Waals surface area contributed by atoms with Crippen molar-refractivity contribution in [3.8, 4) is 0 Å². The number of hydrogen-bond donors (Lipinski definition) is 4. The first-order valence-electron chi connectivity index (χ1n) is 13.8. The SMILES string of the molecule is CC(=O)OC(C)(C)C(C)=CC(=O)O[C@H]1C(=O)O[C@@H]2C[C@H]3C(C)=C(O)C(=O)C[C@]3(C)[C@H]3[C@@H](O)[C@H](O)[C@@]4(C(=O)O)OC[C@]32[C@@H]14. The van der Waals surface area contributed by atoms with Gasteiger partial charge in [-0.2, -0.15) is 0 Å². The topological polar surface area (TPSA) is 203 Å². The normalized spacial score (nSPS) is 42.8. The van der Waals surface area contributed by atoms with Gasteiger partial charge in [-0.3, -0.25) is 9.59 Å². The van der Waals surface area contributed by atoms with Crippen LogP contribution in [0, 0.1) is 28.6 Å². The Hall–Kier alpha value is -3.29. The molecule has 2 bridgehead atoms. The number of ketones is 1. The Labute approximate surface area is 241 Å². The van der Waals surface area contributed by atoms with E-state index in [1.54, 1.807) is 27.7 Å². The number of carbonyl (C=O) groups is 5. The molecule has 4 N–H and O–H groups in total. The van der Waals surface area contributed by atoms with E-state index in [0.717, 1.165) is 6.08 Å². The highest BCUT2D eigenvalue weighted by atomic mass is 16.6. The summed E-state index contributed by atoms with van der Waals surface area (Å²) in [6.45, 7) is 8.73. The summed E-state index contributed by atoms with van der Waals surface area (Å²) in [5.41, 5.74) is -5.71. The first kappa shape index (κ1) is 30.2. The average molecular weight is 593 g/mol. The van der Waals surface area contributed by atoms with Crippen LogP contribution < -0.4 is 0 Å². The highest BCUT2D eigenvalue weighted by molar-refractivity contribution is 5.95. The van der Waals surface area contributed by atoms with Crippen molar-refractivity contribution in [3.05, 3.63) is 23.0 Å². The summed E-state index contributed by atoms with van der Waals surface area (Å²) in [4.78, 5) is 64.0. The molecule has 3 aliphatic carbocycles. The fourth-order valence-electron chi connectivity index (χ4n) is 8.66. The number of Topliss-reactive ketones (excluding diaryl/α,β-unsaturated/α-hetero) is 1. The van der Waals surface area contributed by atoms with Gasteiger partial charge in [-0.25, -0.2) is 14.4 Å². The van der Waals surface area contributed by atoms with E-state index < -0.39 is 99.6 Å². The van der Waals surface area contributed by atoms with E-state index in [2.05, 4.69) is 0 Å². The van der Waals surface area contributed by atoms with E-state index in [1.165, 1.54) is 13.8 Å². The Bertz CT molecular complexity index is 1340. The fourth-order valence-corrected chi connectivity index (χ4v) is 8.66. The molecule has 0 aromatic rings. The van der Waals surface area contributed by atoms with E-state index in [-0.39, 0.29) is 25.0 Å². The summed E-state index contributed by atoms with van der Waals surface area (Å²) in [6, 6.07) is 0. The number of aliphatic hydroxyl groups excluding tert-OH is 3. The Balaban J connectivity index is 1.63. The van der Waals surface area contributed by atoms with Crippen molar-refractivity contribution >= 4 is 29.7 Å². The minimum atomic E-state index is -2.54. The van der Waals surface area contributed by atoms with Crippen LogP contribution in [0.5, 0.6) is 0 Å². The largest absolute Gasteiger partial charge is 0.504 e. The number of aliphatic carboxylic acids is 1. The maximum atomic E-state index is 13.5. The maximum Gasteiger partial charge on any atom is 0.348 e. The van der Waals surface area contributed by atoms with Crippen LogP contribution in [0.2, 0.25) is 0 Å². The third kappa shape index (κ3) is 3.75. The number of aliphatic hydroxyl groups is 3. The minimum Gasteiger partial charge on any atom is -0.504 e. The zero-order valence-electron chi connectivity index (χ0n) is 24.2. The van der Waals surface area contributed by atoms with Gasteiger partial charge in [0.25, 0.3) is 0 Å². The van der Waals surface area contributed by atoms with Gasteiger partial charge in [0.1, 0.15) is 17.8 Å². The average Bonchev–Trinajstić information content (AvgIpc) is 3.18. The molecular formula is C29H36O13. The lowest BCUT2D eigenvalue weighted by Gasteiger charge is -2.67. The van der Waals surface area contributed by atoms with Crippen LogP contribution in [-0.4, -0.2) is 92.3 Å². The summed E-state index contributed by atoms with van der Waals surface area (Å²) < 4.78 is 22.5. The van der Waals surface area contributed by atoms with E-state index in [1.807, 2.05) is 0 Å². The summed E-state index contributed by atoms with van der Waals surface area (Å²) >= 11 is 0. The molecule has 0 amide bonds. The third-order valence-electron chi connectivity index (χ3n) is 10.6. The maximum absolute atomic E-state index is 13.5. The molecule has 42 heavy (non-hydrogen) atoms. The number of carbonyl (C=O) groups excluding carboxylic acids is 4. The minimum absolute atomic E-state index is 0.0799. The van der Waals surface area contributed by atoms with Crippen molar-refractivity contribution < 1.29 is 63.3 Å². The second kappa shape index (κ2) is 9.35. The predicted molar refractivity (Wildman–Crippen MR) is 138 cm³/mol. The van der Waals surface area contributed by atoms with Crippen molar-refractivity contribution in [3.63, 3.8) is 0 Å². The van der Waals surface area contributed by atoms with Gasteiger partial charge in [-0.1, -0.05) is 6.92 Å². The van der Waals surface area contributed by atoms with Crippen LogP contribution in [0.3, 0.4) is 0 Å². The third-order valence-corrected chi connectivity index (χ3v) is 10.6. The monoisotopic (exact) mass is 592 g/mol. The number of carboxylic acid groups (broad SMARTS) is 1. The summed E-state index contributed by atoms with van der Waals surface area (Å²) in [7, 11) is 0. The van der Waals surface area contributed by atoms with Crippen molar-refractivity contribution in [1.82, 2.24) is 0 Å². The molecule has 13 heteroatoms. The molecule has 0 unspecified atom stereocenters. The molecule has 2 aliphatic heterocycles. The van der Waals surface area contributed by atoms with Crippen molar-refractivity contribution in [1.29, 1.82) is 0 Å². The Morgan fingerprint density at radius 2 is 1.76 bits per heavy atom. The molecule has 2 saturated carbocycles. The number of esters is 3. The summed E-state index contributed by atoms with van der Waals surface area (Å²) in [5.74, 6) is -8.45. The van der Waals surface area contributed by atoms with Gasteiger partial charge >= 0.3 is 23.9 Å². The van der Waals surface area contributed by atoms with Gasteiger partial charge in [0.2, 0.25) is 11.7 Å². The number of rotatable bonds is 5. The van der Waals surface area contributed by atoms with E-state index in [4.69, 9.17) is 18.9 Å². The molecule has 10 atom stereocenters. The number of carboxylic acids is 1. The van der Waals surface area contributed by atoms with Gasteiger partial charge in [-0.05, 0) is 56.6 Å². The molecule has 230 valence electrons. The first-order valence-corrected chi connectivity index (χ1v) is 13.8. The number of fused-ring (bicyclic) bond motifs is 2. The lowest BCUT2D eigenvalue weighted by molar-refractivity contribution is -0.289. The van der Waals surface area contributed by atoms with Crippen molar-refractivity contribution in [2.75, 3.05) is 6.61 Å².